The molecule has 0 aliphatic heterocycles. The first-order valence-electron chi connectivity index (χ1n) is 5.03. The molecule has 0 spiro atoms. The molecule has 88 valence electrons. The van der Waals surface area contributed by atoms with Crippen LogP contribution >= 0.6 is 31.9 Å². The fourth-order valence-corrected chi connectivity index (χ4v) is 2.06. The van der Waals surface area contributed by atoms with Crippen LogP contribution in [0, 0.1) is 0 Å². The van der Waals surface area contributed by atoms with E-state index in [0.29, 0.717) is 12.2 Å². The lowest BCUT2D eigenvalue weighted by atomic mass is 10.2. The average Bonchev–Trinajstić information content (AvgIpc) is 2.68. The second-order valence-corrected chi connectivity index (χ2v) is 5.16. The van der Waals surface area contributed by atoms with E-state index in [1.807, 2.05) is 30.3 Å². The molecule has 0 radical (unpaired) electrons. The number of H-pyrrole nitrogens is 1. The Bertz CT molecular complexity index is 503. The van der Waals surface area contributed by atoms with E-state index in [-0.39, 0.29) is 5.91 Å². The summed E-state index contributed by atoms with van der Waals surface area (Å²) in [6, 6.07) is 11.5. The molecule has 1 aromatic carbocycles. The Hall–Kier alpha value is -1.07. The third kappa shape index (κ3) is 3.20. The zero-order valence-electron chi connectivity index (χ0n) is 8.84. The molecule has 0 bridgehead atoms. The van der Waals surface area contributed by atoms with Gasteiger partial charge in [-0.1, -0.05) is 30.3 Å². The maximum Gasteiger partial charge on any atom is 0.268 e. The summed E-state index contributed by atoms with van der Waals surface area (Å²) in [5.41, 5.74) is 1.60. The lowest BCUT2D eigenvalue weighted by molar-refractivity contribution is 0.0946. The Morgan fingerprint density at radius 1 is 1.24 bits per heavy atom. The fourth-order valence-electron chi connectivity index (χ4n) is 1.40. The third-order valence-corrected chi connectivity index (χ3v) is 4.05. The van der Waals surface area contributed by atoms with E-state index in [4.69, 9.17) is 0 Å². The topological polar surface area (TPSA) is 44.9 Å². The summed E-state index contributed by atoms with van der Waals surface area (Å²) in [5, 5.41) is 2.84. The van der Waals surface area contributed by atoms with Crippen LogP contribution in [0.25, 0.3) is 0 Å². The van der Waals surface area contributed by atoms with Gasteiger partial charge in [0.05, 0.1) is 9.08 Å². The van der Waals surface area contributed by atoms with E-state index in [1.165, 1.54) is 0 Å². The van der Waals surface area contributed by atoms with Crippen LogP contribution in [0.1, 0.15) is 16.1 Å². The van der Waals surface area contributed by atoms with Gasteiger partial charge in [-0.15, -0.1) is 0 Å². The molecule has 0 unspecified atom stereocenters. The number of rotatable bonds is 3. The molecule has 0 aliphatic rings. The van der Waals surface area contributed by atoms with Gasteiger partial charge in [0.2, 0.25) is 0 Å². The quantitative estimate of drug-likeness (QED) is 0.867. The van der Waals surface area contributed by atoms with E-state index in [0.717, 1.165) is 14.6 Å². The third-order valence-electron chi connectivity index (χ3n) is 2.27. The minimum Gasteiger partial charge on any atom is -0.347 e. The summed E-state index contributed by atoms with van der Waals surface area (Å²) in [6.45, 7) is 0.522. The number of halogens is 2. The number of aromatic nitrogens is 1. The summed E-state index contributed by atoms with van der Waals surface area (Å²) in [4.78, 5) is 14.7. The maximum absolute atomic E-state index is 11.8. The molecule has 3 nitrogen and oxygen atoms in total. The predicted molar refractivity (Wildman–Crippen MR) is 73.8 cm³/mol. The van der Waals surface area contributed by atoms with Crippen molar-refractivity contribution < 1.29 is 4.79 Å². The highest BCUT2D eigenvalue weighted by Gasteiger charge is 2.10. The summed E-state index contributed by atoms with van der Waals surface area (Å²) >= 11 is 6.62. The number of carbonyl (C=O) groups excluding carboxylic acids is 1. The minimum absolute atomic E-state index is 0.125. The van der Waals surface area contributed by atoms with Crippen molar-refractivity contribution in [3.8, 4) is 0 Å². The van der Waals surface area contributed by atoms with Gasteiger partial charge in [0.25, 0.3) is 5.91 Å². The zero-order chi connectivity index (χ0) is 12.3. The zero-order valence-corrected chi connectivity index (χ0v) is 12.0. The molecule has 5 heteroatoms. The van der Waals surface area contributed by atoms with Crippen molar-refractivity contribution in [1.29, 1.82) is 0 Å². The summed E-state index contributed by atoms with van der Waals surface area (Å²) in [7, 11) is 0. The van der Waals surface area contributed by atoms with Crippen molar-refractivity contribution in [3.63, 3.8) is 0 Å². The van der Waals surface area contributed by atoms with Gasteiger partial charge < -0.3 is 10.3 Å². The Morgan fingerprint density at radius 3 is 2.53 bits per heavy atom. The van der Waals surface area contributed by atoms with Crippen molar-refractivity contribution in [2.75, 3.05) is 0 Å². The van der Waals surface area contributed by atoms with E-state index in [2.05, 4.69) is 42.2 Å². The van der Waals surface area contributed by atoms with Crippen LogP contribution in [0.3, 0.4) is 0 Å². The smallest absolute Gasteiger partial charge is 0.268 e. The molecule has 1 heterocycles. The van der Waals surface area contributed by atoms with Crippen molar-refractivity contribution in [3.05, 3.63) is 56.7 Å². The molecular formula is C12H10Br2N2O. The number of amides is 1. The molecule has 0 fully saturated rings. The van der Waals surface area contributed by atoms with Gasteiger partial charge in [0.1, 0.15) is 5.69 Å². The standard InChI is InChI=1S/C12H10Br2N2O/c13-9-6-10(16-11(9)14)12(17)15-7-8-4-2-1-3-5-8/h1-6,16H,7H2,(H,15,17). The maximum atomic E-state index is 11.8. The number of carbonyl (C=O) groups is 1. The molecule has 1 aromatic heterocycles. The fraction of sp³-hybridized carbons (Fsp3) is 0.0833. The summed E-state index contributed by atoms with van der Waals surface area (Å²) in [6.07, 6.45) is 0. The van der Waals surface area contributed by atoms with Crippen molar-refractivity contribution >= 4 is 37.8 Å². The Balaban J connectivity index is 1.98. The van der Waals surface area contributed by atoms with Gasteiger partial charge in [-0.25, -0.2) is 0 Å². The Labute approximate surface area is 116 Å². The normalized spacial score (nSPS) is 10.2. The van der Waals surface area contributed by atoms with E-state index in [1.54, 1.807) is 6.07 Å². The molecule has 0 aliphatic carbocycles. The first-order valence-corrected chi connectivity index (χ1v) is 6.61. The van der Waals surface area contributed by atoms with Crippen LogP contribution in [-0.4, -0.2) is 10.9 Å². The van der Waals surface area contributed by atoms with E-state index in [9.17, 15) is 4.79 Å². The van der Waals surface area contributed by atoms with Crippen LogP contribution in [0.2, 0.25) is 0 Å². The van der Waals surface area contributed by atoms with Gasteiger partial charge in [-0.3, -0.25) is 4.79 Å². The first kappa shape index (κ1) is 12.4. The first-order chi connectivity index (χ1) is 8.16. The summed E-state index contributed by atoms with van der Waals surface area (Å²) in [5.74, 6) is -0.125. The highest BCUT2D eigenvalue weighted by Crippen LogP contribution is 2.22. The van der Waals surface area contributed by atoms with Crippen LogP contribution in [0.5, 0.6) is 0 Å². The number of hydrogen-bond donors (Lipinski definition) is 2. The van der Waals surface area contributed by atoms with Crippen molar-refractivity contribution in [1.82, 2.24) is 10.3 Å². The van der Waals surface area contributed by atoms with Gasteiger partial charge in [0.15, 0.2) is 0 Å². The molecule has 2 rings (SSSR count). The van der Waals surface area contributed by atoms with Crippen molar-refractivity contribution in [2.24, 2.45) is 0 Å². The molecule has 0 saturated heterocycles. The van der Waals surface area contributed by atoms with Crippen LogP contribution < -0.4 is 5.32 Å². The lowest BCUT2D eigenvalue weighted by Crippen LogP contribution is -2.22. The largest absolute Gasteiger partial charge is 0.347 e. The SMILES string of the molecule is O=C(NCc1ccccc1)c1cc(Br)c(Br)[nH]1. The second kappa shape index (κ2) is 5.51. The van der Waals surface area contributed by atoms with Crippen molar-refractivity contribution in [2.45, 2.75) is 6.54 Å². The second-order valence-electron chi connectivity index (χ2n) is 3.51. The van der Waals surface area contributed by atoms with Crippen LogP contribution in [0.15, 0.2) is 45.5 Å². The molecule has 0 atom stereocenters. The molecule has 2 N–H and O–H groups in total. The molecule has 17 heavy (non-hydrogen) atoms. The molecule has 1 amide bonds. The number of aromatic amines is 1. The average molecular weight is 358 g/mol. The molecule has 0 saturated carbocycles. The number of benzene rings is 1. The highest BCUT2D eigenvalue weighted by molar-refractivity contribution is 9.13. The van der Waals surface area contributed by atoms with Gasteiger partial charge in [-0.2, -0.15) is 0 Å². The molecular weight excluding hydrogens is 348 g/mol. The van der Waals surface area contributed by atoms with E-state index < -0.39 is 0 Å². The van der Waals surface area contributed by atoms with Gasteiger partial charge in [-0.05, 0) is 43.5 Å². The van der Waals surface area contributed by atoms with E-state index >= 15 is 0 Å². The predicted octanol–water partition coefficient (Wildman–Crippen LogP) is 3.47. The van der Waals surface area contributed by atoms with Gasteiger partial charge >= 0.3 is 0 Å². The monoisotopic (exact) mass is 356 g/mol. The Kier molecular flexibility index (Phi) is 4.02. The molecule has 2 aromatic rings. The minimum atomic E-state index is -0.125. The van der Waals surface area contributed by atoms with Crippen LogP contribution in [0.4, 0.5) is 0 Å². The summed E-state index contributed by atoms with van der Waals surface area (Å²) < 4.78 is 1.60. The highest BCUT2D eigenvalue weighted by atomic mass is 79.9. The Morgan fingerprint density at radius 2 is 1.94 bits per heavy atom. The van der Waals surface area contributed by atoms with Gasteiger partial charge in [0, 0.05) is 6.54 Å². The number of hydrogen-bond acceptors (Lipinski definition) is 1. The van der Waals surface area contributed by atoms with Crippen LogP contribution in [-0.2, 0) is 6.54 Å². The number of nitrogens with one attached hydrogen (secondary N) is 2. The lowest BCUT2D eigenvalue weighted by Gasteiger charge is -2.03.